The third kappa shape index (κ3) is 2.70. The second-order valence-corrected chi connectivity index (χ2v) is 3.99. The number of anilines is 1. The molecule has 1 heterocycles. The molecule has 0 fully saturated rings. The molecule has 2 aromatic rings. The van der Waals surface area contributed by atoms with Crippen molar-refractivity contribution in [2.45, 2.75) is 6.36 Å². The number of benzene rings is 1. The summed E-state index contributed by atoms with van der Waals surface area (Å²) < 4.78 is 53.4. The molecular formula is C10H5F4N2OS. The predicted molar refractivity (Wildman–Crippen MR) is 57.4 cm³/mol. The Morgan fingerprint density at radius 2 is 2.06 bits per heavy atom. The Labute approximate surface area is 103 Å². The van der Waals surface area contributed by atoms with Crippen LogP contribution in [0.2, 0.25) is 0 Å². The summed E-state index contributed by atoms with van der Waals surface area (Å²) in [5, 5.41) is 2.73. The summed E-state index contributed by atoms with van der Waals surface area (Å²) in [6.07, 6.45) is -4.95. The van der Waals surface area contributed by atoms with E-state index < -0.39 is 17.9 Å². The number of hydrogen-bond donors (Lipinski definition) is 1. The minimum Gasteiger partial charge on any atom is -0.403 e. The second-order valence-electron chi connectivity index (χ2n) is 3.17. The average Bonchev–Trinajstić information content (AvgIpc) is 2.66. The van der Waals surface area contributed by atoms with Crippen molar-refractivity contribution >= 4 is 16.5 Å². The fourth-order valence-electron chi connectivity index (χ4n) is 1.27. The van der Waals surface area contributed by atoms with E-state index in [1.54, 1.807) is 0 Å². The lowest BCUT2D eigenvalue weighted by Crippen LogP contribution is -2.18. The van der Waals surface area contributed by atoms with E-state index >= 15 is 0 Å². The molecule has 2 N–H and O–H groups in total. The molecule has 0 spiro atoms. The molecule has 95 valence electrons. The highest BCUT2D eigenvalue weighted by Gasteiger charge is 2.33. The molecule has 8 heteroatoms. The van der Waals surface area contributed by atoms with Gasteiger partial charge in [-0.2, -0.15) is 0 Å². The van der Waals surface area contributed by atoms with Gasteiger partial charge < -0.3 is 10.5 Å². The number of thiazole rings is 1. The number of aromatic nitrogens is 1. The minimum absolute atomic E-state index is 0.0441. The Morgan fingerprint density at radius 3 is 2.61 bits per heavy atom. The van der Waals surface area contributed by atoms with E-state index in [2.05, 4.69) is 15.1 Å². The van der Waals surface area contributed by atoms with Gasteiger partial charge in [-0.1, -0.05) is 17.4 Å². The molecule has 0 amide bonds. The first-order valence-electron chi connectivity index (χ1n) is 4.55. The molecule has 0 saturated carbocycles. The fourth-order valence-corrected chi connectivity index (χ4v) is 1.76. The van der Waals surface area contributed by atoms with Crippen LogP contribution >= 0.6 is 11.3 Å². The van der Waals surface area contributed by atoms with Crippen LogP contribution in [0.4, 0.5) is 22.7 Å². The van der Waals surface area contributed by atoms with Crippen LogP contribution in [-0.2, 0) is 0 Å². The third-order valence-corrected chi connectivity index (χ3v) is 2.51. The van der Waals surface area contributed by atoms with Crippen LogP contribution in [0.5, 0.6) is 5.75 Å². The van der Waals surface area contributed by atoms with Gasteiger partial charge in [-0.25, -0.2) is 9.37 Å². The SMILES string of the molecule is Nc1nc(-c2cccc(OC(F)(F)F)c2F)[c]s1. The summed E-state index contributed by atoms with van der Waals surface area (Å²) in [4.78, 5) is 3.74. The predicted octanol–water partition coefficient (Wildman–Crippen LogP) is 3.23. The van der Waals surface area contributed by atoms with Gasteiger partial charge in [0, 0.05) is 5.56 Å². The Kier molecular flexibility index (Phi) is 3.12. The van der Waals surface area contributed by atoms with Gasteiger partial charge in [-0.3, -0.25) is 0 Å². The molecule has 0 atom stereocenters. The highest BCUT2D eigenvalue weighted by Crippen LogP contribution is 2.32. The highest BCUT2D eigenvalue weighted by molar-refractivity contribution is 7.13. The minimum atomic E-state index is -4.95. The Bertz CT molecular complexity index is 567. The molecule has 3 nitrogen and oxygen atoms in total. The van der Waals surface area contributed by atoms with Crippen LogP contribution in [0.1, 0.15) is 0 Å². The molecule has 0 aliphatic rings. The molecule has 1 radical (unpaired) electrons. The van der Waals surface area contributed by atoms with Gasteiger partial charge in [0.2, 0.25) is 0 Å². The van der Waals surface area contributed by atoms with Crippen LogP contribution < -0.4 is 10.5 Å². The summed E-state index contributed by atoms with van der Waals surface area (Å²) in [6, 6.07) is 3.37. The monoisotopic (exact) mass is 277 g/mol. The Hall–Kier alpha value is -1.83. The van der Waals surface area contributed by atoms with Gasteiger partial charge in [0.15, 0.2) is 16.7 Å². The molecule has 0 aliphatic carbocycles. The van der Waals surface area contributed by atoms with E-state index in [1.165, 1.54) is 12.1 Å². The van der Waals surface area contributed by atoms with E-state index in [9.17, 15) is 17.6 Å². The van der Waals surface area contributed by atoms with Crippen molar-refractivity contribution in [3.8, 4) is 17.0 Å². The van der Waals surface area contributed by atoms with Gasteiger partial charge in [-0.15, -0.1) is 13.2 Å². The number of nitrogens with zero attached hydrogens (tertiary/aromatic N) is 1. The van der Waals surface area contributed by atoms with E-state index in [0.29, 0.717) is 0 Å². The lowest BCUT2D eigenvalue weighted by Gasteiger charge is -2.10. The summed E-state index contributed by atoms with van der Waals surface area (Å²) in [5.74, 6) is -2.07. The molecule has 0 saturated heterocycles. The normalized spacial score (nSPS) is 11.6. The van der Waals surface area contributed by atoms with Crippen molar-refractivity contribution in [2.24, 2.45) is 0 Å². The number of halogens is 4. The number of nitrogens with two attached hydrogens (primary N) is 1. The molecule has 0 aliphatic heterocycles. The van der Waals surface area contributed by atoms with Gasteiger partial charge in [0.05, 0.1) is 11.1 Å². The van der Waals surface area contributed by atoms with Crippen molar-refractivity contribution in [1.29, 1.82) is 0 Å². The Balaban J connectivity index is 2.42. The summed E-state index contributed by atoms with van der Waals surface area (Å²) in [5.41, 5.74) is 5.24. The maximum atomic E-state index is 13.8. The lowest BCUT2D eigenvalue weighted by molar-refractivity contribution is -0.275. The third-order valence-electron chi connectivity index (χ3n) is 1.92. The molecule has 1 aromatic heterocycles. The second kappa shape index (κ2) is 4.45. The van der Waals surface area contributed by atoms with Gasteiger partial charge in [0.25, 0.3) is 0 Å². The number of rotatable bonds is 2. The molecule has 1 aromatic carbocycles. The smallest absolute Gasteiger partial charge is 0.403 e. The lowest BCUT2D eigenvalue weighted by atomic mass is 10.1. The molecule has 18 heavy (non-hydrogen) atoms. The average molecular weight is 277 g/mol. The first kappa shape index (κ1) is 12.6. The summed E-state index contributed by atoms with van der Waals surface area (Å²) >= 11 is 0.939. The van der Waals surface area contributed by atoms with Gasteiger partial charge >= 0.3 is 6.36 Å². The fraction of sp³-hybridized carbons (Fsp3) is 0.100. The maximum Gasteiger partial charge on any atom is 0.573 e. The van der Waals surface area contributed by atoms with Gasteiger partial charge in [0.1, 0.15) is 0 Å². The zero-order chi connectivity index (χ0) is 13.3. The summed E-state index contributed by atoms with van der Waals surface area (Å²) in [6.45, 7) is 0. The van der Waals surface area contributed by atoms with Crippen molar-refractivity contribution in [3.63, 3.8) is 0 Å². The van der Waals surface area contributed by atoms with Crippen LogP contribution in [0.25, 0.3) is 11.3 Å². The van der Waals surface area contributed by atoms with Crippen molar-refractivity contribution in [3.05, 3.63) is 29.4 Å². The van der Waals surface area contributed by atoms with Crippen LogP contribution in [0, 0.1) is 11.2 Å². The zero-order valence-electron chi connectivity index (χ0n) is 8.58. The summed E-state index contributed by atoms with van der Waals surface area (Å²) in [7, 11) is 0. The number of alkyl halides is 3. The van der Waals surface area contributed by atoms with Crippen molar-refractivity contribution in [2.75, 3.05) is 5.73 Å². The number of hydrogen-bond acceptors (Lipinski definition) is 4. The molecule has 0 bridgehead atoms. The van der Waals surface area contributed by atoms with Crippen LogP contribution in [0.3, 0.4) is 0 Å². The highest BCUT2D eigenvalue weighted by atomic mass is 32.1. The van der Waals surface area contributed by atoms with Gasteiger partial charge in [-0.05, 0) is 12.1 Å². The quantitative estimate of drug-likeness (QED) is 0.857. The maximum absolute atomic E-state index is 13.8. The van der Waals surface area contributed by atoms with Crippen molar-refractivity contribution < 1.29 is 22.3 Å². The number of ether oxygens (including phenoxy) is 1. The van der Waals surface area contributed by atoms with E-state index in [0.717, 1.165) is 17.4 Å². The molecule has 2 rings (SSSR count). The molecular weight excluding hydrogens is 272 g/mol. The molecule has 0 unspecified atom stereocenters. The zero-order valence-corrected chi connectivity index (χ0v) is 9.40. The first-order chi connectivity index (χ1) is 8.37. The Morgan fingerprint density at radius 1 is 1.33 bits per heavy atom. The van der Waals surface area contributed by atoms with E-state index in [-0.39, 0.29) is 16.4 Å². The van der Waals surface area contributed by atoms with Crippen LogP contribution in [0.15, 0.2) is 18.2 Å². The first-order valence-corrected chi connectivity index (χ1v) is 5.37. The van der Waals surface area contributed by atoms with E-state index in [1.807, 2.05) is 0 Å². The number of nitrogen functional groups attached to an aromatic ring is 1. The van der Waals surface area contributed by atoms with Crippen molar-refractivity contribution in [1.82, 2.24) is 4.98 Å². The van der Waals surface area contributed by atoms with E-state index in [4.69, 9.17) is 5.73 Å². The largest absolute Gasteiger partial charge is 0.573 e. The standard InChI is InChI=1S/C10H5F4N2OS/c11-8-5(6-4-18-9(15)16-6)2-1-3-7(8)17-10(12,13)14/h1-3H,(H2,15,16). The van der Waals surface area contributed by atoms with Crippen LogP contribution in [-0.4, -0.2) is 11.3 Å². The topological polar surface area (TPSA) is 48.1 Å².